The van der Waals surface area contributed by atoms with E-state index >= 15 is 0 Å². The highest BCUT2D eigenvalue weighted by molar-refractivity contribution is 6.00. The van der Waals surface area contributed by atoms with Crippen LogP contribution in [0.3, 0.4) is 0 Å². The van der Waals surface area contributed by atoms with Crippen molar-refractivity contribution in [3.05, 3.63) is 77.9 Å². The van der Waals surface area contributed by atoms with E-state index in [9.17, 15) is 23.5 Å². The lowest BCUT2D eigenvalue weighted by Crippen LogP contribution is -2.61. The first-order chi connectivity index (χ1) is 12.3. The van der Waals surface area contributed by atoms with Crippen LogP contribution >= 0.6 is 0 Å². The van der Waals surface area contributed by atoms with Crippen molar-refractivity contribution in [1.29, 1.82) is 0 Å². The molecule has 5 nitrogen and oxygen atoms in total. The monoisotopic (exact) mass is 358 g/mol. The van der Waals surface area contributed by atoms with Crippen molar-refractivity contribution < 1.29 is 23.5 Å². The van der Waals surface area contributed by atoms with Gasteiger partial charge in [0.2, 0.25) is 5.91 Å². The molecular weight excluding hydrogens is 342 g/mol. The third-order valence-corrected chi connectivity index (χ3v) is 4.23. The number of aliphatic hydroxyl groups is 1. The summed E-state index contributed by atoms with van der Waals surface area (Å²) in [7, 11) is 0. The van der Waals surface area contributed by atoms with Gasteiger partial charge in [0.25, 0.3) is 5.91 Å². The van der Waals surface area contributed by atoms with Gasteiger partial charge in [-0.1, -0.05) is 12.6 Å². The minimum absolute atomic E-state index is 0.0220. The molecule has 0 aromatic heterocycles. The van der Waals surface area contributed by atoms with Crippen LogP contribution in [0.25, 0.3) is 0 Å². The van der Waals surface area contributed by atoms with Gasteiger partial charge in [0, 0.05) is 11.3 Å². The van der Waals surface area contributed by atoms with Crippen LogP contribution in [0.15, 0.2) is 55.1 Å². The average molecular weight is 358 g/mol. The molecule has 0 atom stereocenters. The lowest BCUT2D eigenvalue weighted by molar-refractivity contribution is -0.111. The number of nitrogens with zero attached hydrogens (tertiary/aromatic N) is 1. The van der Waals surface area contributed by atoms with Crippen LogP contribution in [0.5, 0.6) is 0 Å². The smallest absolute Gasteiger partial charge is 0.254 e. The van der Waals surface area contributed by atoms with Gasteiger partial charge < -0.3 is 15.3 Å². The number of anilines is 1. The fourth-order valence-electron chi connectivity index (χ4n) is 2.77. The summed E-state index contributed by atoms with van der Waals surface area (Å²) in [5, 5.41) is 13.1. The van der Waals surface area contributed by atoms with Crippen molar-refractivity contribution in [3.8, 4) is 0 Å². The summed E-state index contributed by atoms with van der Waals surface area (Å²) in [5.74, 6) is -2.70. The van der Waals surface area contributed by atoms with E-state index in [1.807, 2.05) is 0 Å². The Hall–Kier alpha value is -3.06. The number of hydrogen-bond acceptors (Lipinski definition) is 3. The molecule has 1 saturated heterocycles. The SMILES string of the molecule is C=CC(=O)Nc1ccc(C(=O)N2CC(O)(c3ccc(F)c(F)c3)C2)cc1. The number of rotatable bonds is 4. The second-order valence-corrected chi connectivity index (χ2v) is 6.09. The molecule has 26 heavy (non-hydrogen) atoms. The van der Waals surface area contributed by atoms with Crippen LogP contribution in [0, 0.1) is 11.6 Å². The average Bonchev–Trinajstić information content (AvgIpc) is 2.61. The van der Waals surface area contributed by atoms with E-state index in [-0.39, 0.29) is 30.5 Å². The zero-order valence-corrected chi connectivity index (χ0v) is 13.7. The summed E-state index contributed by atoms with van der Waals surface area (Å²) in [6.07, 6.45) is 1.14. The molecule has 0 spiro atoms. The summed E-state index contributed by atoms with van der Waals surface area (Å²) >= 11 is 0. The summed E-state index contributed by atoms with van der Waals surface area (Å²) < 4.78 is 26.4. The molecular formula is C19H16F2N2O3. The molecule has 2 amide bonds. The minimum Gasteiger partial charge on any atom is -0.381 e. The molecule has 2 aromatic carbocycles. The predicted molar refractivity (Wildman–Crippen MR) is 91.4 cm³/mol. The Morgan fingerprint density at radius 2 is 1.77 bits per heavy atom. The van der Waals surface area contributed by atoms with E-state index in [1.54, 1.807) is 24.3 Å². The molecule has 0 saturated carbocycles. The quantitative estimate of drug-likeness (QED) is 0.825. The highest BCUT2D eigenvalue weighted by Gasteiger charge is 2.45. The number of amides is 2. The van der Waals surface area contributed by atoms with Gasteiger partial charge in [-0.15, -0.1) is 0 Å². The molecule has 0 aliphatic carbocycles. The number of halogens is 2. The number of hydrogen-bond donors (Lipinski definition) is 2. The van der Waals surface area contributed by atoms with E-state index < -0.39 is 17.2 Å². The number of likely N-dealkylation sites (tertiary alicyclic amines) is 1. The van der Waals surface area contributed by atoms with Gasteiger partial charge in [-0.25, -0.2) is 8.78 Å². The Kier molecular flexibility index (Phi) is 4.56. The zero-order chi connectivity index (χ0) is 18.9. The highest BCUT2D eigenvalue weighted by atomic mass is 19.2. The third kappa shape index (κ3) is 3.34. The number of carbonyl (C=O) groups excluding carboxylic acids is 2. The Morgan fingerprint density at radius 3 is 2.35 bits per heavy atom. The van der Waals surface area contributed by atoms with Crippen LogP contribution in [0.4, 0.5) is 14.5 Å². The molecule has 2 N–H and O–H groups in total. The lowest BCUT2D eigenvalue weighted by Gasteiger charge is -2.46. The van der Waals surface area contributed by atoms with Crippen molar-refractivity contribution in [2.75, 3.05) is 18.4 Å². The van der Waals surface area contributed by atoms with Gasteiger partial charge in [0.05, 0.1) is 13.1 Å². The molecule has 3 rings (SSSR count). The first-order valence-corrected chi connectivity index (χ1v) is 7.83. The van der Waals surface area contributed by atoms with E-state index in [4.69, 9.17) is 0 Å². The second-order valence-electron chi connectivity index (χ2n) is 6.09. The van der Waals surface area contributed by atoms with Crippen LogP contribution in [-0.2, 0) is 10.4 Å². The number of carbonyl (C=O) groups is 2. The molecule has 1 heterocycles. The number of nitrogens with one attached hydrogen (secondary N) is 1. The molecule has 1 fully saturated rings. The Balaban J connectivity index is 1.66. The molecule has 134 valence electrons. The van der Waals surface area contributed by atoms with Gasteiger partial charge >= 0.3 is 0 Å². The standard InChI is InChI=1S/C19H16F2N2O3/c1-2-17(24)22-14-6-3-12(4-7-14)18(25)23-10-19(26,11-23)13-5-8-15(20)16(21)9-13/h2-9,26H,1,10-11H2,(H,22,24). The van der Waals surface area contributed by atoms with Crippen molar-refractivity contribution in [2.24, 2.45) is 0 Å². The molecule has 0 bridgehead atoms. The number of β-amino-alcohol motifs (C(OH)–C–C–N with tert-alkyl or cyclic N) is 1. The van der Waals surface area contributed by atoms with Crippen LogP contribution < -0.4 is 5.32 Å². The van der Waals surface area contributed by atoms with Crippen LogP contribution in [0.1, 0.15) is 15.9 Å². The van der Waals surface area contributed by atoms with Gasteiger partial charge in [0.1, 0.15) is 5.60 Å². The summed E-state index contributed by atoms with van der Waals surface area (Å²) in [6.45, 7) is 3.31. The van der Waals surface area contributed by atoms with Crippen LogP contribution in [-0.4, -0.2) is 34.9 Å². The topological polar surface area (TPSA) is 69.6 Å². The molecule has 0 unspecified atom stereocenters. The van der Waals surface area contributed by atoms with E-state index in [0.717, 1.165) is 18.2 Å². The van der Waals surface area contributed by atoms with Crippen molar-refractivity contribution in [3.63, 3.8) is 0 Å². The van der Waals surface area contributed by atoms with Crippen LogP contribution in [0.2, 0.25) is 0 Å². The zero-order valence-electron chi connectivity index (χ0n) is 13.7. The van der Waals surface area contributed by atoms with E-state index in [0.29, 0.717) is 11.3 Å². The number of benzene rings is 2. The lowest BCUT2D eigenvalue weighted by atomic mass is 9.85. The highest BCUT2D eigenvalue weighted by Crippen LogP contribution is 2.33. The van der Waals surface area contributed by atoms with Gasteiger partial charge in [-0.05, 0) is 48.0 Å². The Labute approximate surface area is 148 Å². The van der Waals surface area contributed by atoms with E-state index in [2.05, 4.69) is 11.9 Å². The van der Waals surface area contributed by atoms with Crippen molar-refractivity contribution >= 4 is 17.5 Å². The first kappa shape index (κ1) is 17.8. The maximum Gasteiger partial charge on any atom is 0.254 e. The summed E-state index contributed by atoms with van der Waals surface area (Å²) in [4.78, 5) is 25.1. The molecule has 2 aromatic rings. The fourth-order valence-corrected chi connectivity index (χ4v) is 2.77. The molecule has 7 heteroatoms. The predicted octanol–water partition coefficient (Wildman–Crippen LogP) is 2.43. The maximum absolute atomic E-state index is 13.3. The first-order valence-electron chi connectivity index (χ1n) is 7.83. The van der Waals surface area contributed by atoms with E-state index in [1.165, 1.54) is 11.0 Å². The molecule has 1 aliphatic heterocycles. The second kappa shape index (κ2) is 6.68. The van der Waals surface area contributed by atoms with Gasteiger partial charge in [-0.2, -0.15) is 0 Å². The maximum atomic E-state index is 13.3. The van der Waals surface area contributed by atoms with Crippen molar-refractivity contribution in [2.45, 2.75) is 5.60 Å². The fraction of sp³-hybridized carbons (Fsp3) is 0.158. The molecule has 1 aliphatic rings. The summed E-state index contributed by atoms with van der Waals surface area (Å²) in [5.41, 5.74) is -0.271. The summed E-state index contributed by atoms with van der Waals surface area (Å²) in [6, 6.07) is 9.45. The van der Waals surface area contributed by atoms with Crippen molar-refractivity contribution in [1.82, 2.24) is 4.90 Å². The largest absolute Gasteiger partial charge is 0.381 e. The molecule has 0 radical (unpaired) electrons. The third-order valence-electron chi connectivity index (χ3n) is 4.23. The minimum atomic E-state index is -1.40. The Bertz CT molecular complexity index is 875. The van der Waals surface area contributed by atoms with Gasteiger partial charge in [0.15, 0.2) is 11.6 Å². The normalized spacial score (nSPS) is 15.1. The van der Waals surface area contributed by atoms with Gasteiger partial charge in [-0.3, -0.25) is 9.59 Å². The Morgan fingerprint density at radius 1 is 1.12 bits per heavy atom.